The number of nitrogens with one attached hydrogen (secondary N) is 4. The molecule has 4 aromatic rings. The maximum Gasteiger partial charge on any atom is 0.408 e. The number of carbonyl (C=O) groups is 4. The van der Waals surface area contributed by atoms with E-state index in [-0.39, 0.29) is 48.9 Å². The molecular formula is C39H49Cl2N7O6. The SMILES string of the molecule is CC[C@H](C)C(NC(=O)OCc1ccccc1)C(=O)N[C@]1(C(=O)NC(c2nc(C(=O)N(CC)CC)no2)[C@@H](C)CC)CCc2[nH]c3c(Cl)cc(Cl)cc3c2C1. The van der Waals surface area contributed by atoms with Crippen molar-refractivity contribution in [3.8, 4) is 0 Å². The number of amides is 4. The maximum absolute atomic E-state index is 14.9. The monoisotopic (exact) mass is 781 g/mol. The molecule has 4 N–H and O–H groups in total. The second kappa shape index (κ2) is 17.7. The van der Waals surface area contributed by atoms with Crippen LogP contribution in [-0.2, 0) is 33.8 Å². The highest BCUT2D eigenvalue weighted by Crippen LogP contribution is 2.39. The van der Waals surface area contributed by atoms with E-state index in [1.807, 2.05) is 71.9 Å². The van der Waals surface area contributed by atoms with Gasteiger partial charge in [-0.1, -0.05) is 99.2 Å². The summed E-state index contributed by atoms with van der Waals surface area (Å²) in [6, 6.07) is 10.9. The molecule has 4 amide bonds. The molecule has 2 unspecified atom stereocenters. The highest BCUT2D eigenvalue weighted by Gasteiger charge is 2.47. The molecule has 13 nitrogen and oxygen atoms in total. The predicted octanol–water partition coefficient (Wildman–Crippen LogP) is 6.93. The van der Waals surface area contributed by atoms with Crippen LogP contribution in [0.3, 0.4) is 0 Å². The van der Waals surface area contributed by atoms with Gasteiger partial charge in [-0.2, -0.15) is 4.98 Å². The van der Waals surface area contributed by atoms with Crippen LogP contribution >= 0.6 is 23.2 Å². The van der Waals surface area contributed by atoms with Crippen LogP contribution in [0.15, 0.2) is 47.0 Å². The van der Waals surface area contributed by atoms with Crippen LogP contribution in [0.2, 0.25) is 10.0 Å². The van der Waals surface area contributed by atoms with Crippen molar-refractivity contribution in [2.45, 2.75) is 97.9 Å². The third-order valence-corrected chi connectivity index (χ3v) is 11.0. The van der Waals surface area contributed by atoms with Crippen molar-refractivity contribution in [3.63, 3.8) is 0 Å². The standard InChI is InChI=1S/C39H49Cl2N7O6/c1-7-22(5)30(44-38(52)53-21-24-14-12-11-13-15-24)34(49)46-39(17-16-29-27(20-39)26-18-25(40)19-28(41)32(26)42-29)37(51)43-31(23(6)8-2)35-45-33(47-54-35)36(50)48(9-3)10-4/h11-15,18-19,22-23,30-31,42H,7-10,16-17,20-21H2,1-6H3,(H,43,51)(H,44,52)(H,46,49)/t22-,23-,30?,31?,39+/m0/s1. The van der Waals surface area contributed by atoms with Crippen LogP contribution in [0.25, 0.3) is 10.9 Å². The Morgan fingerprint density at radius 3 is 2.37 bits per heavy atom. The highest BCUT2D eigenvalue weighted by atomic mass is 35.5. The summed E-state index contributed by atoms with van der Waals surface area (Å²) < 4.78 is 11.1. The largest absolute Gasteiger partial charge is 0.445 e. The zero-order chi connectivity index (χ0) is 39.2. The fraction of sp³-hybridized carbons (Fsp3) is 0.487. The lowest BCUT2D eigenvalue weighted by Gasteiger charge is -2.39. The van der Waals surface area contributed by atoms with E-state index in [9.17, 15) is 19.2 Å². The average molecular weight is 783 g/mol. The molecule has 0 spiro atoms. The summed E-state index contributed by atoms with van der Waals surface area (Å²) in [5.41, 5.74) is 1.65. The van der Waals surface area contributed by atoms with Crippen LogP contribution in [-0.4, -0.2) is 68.5 Å². The molecule has 2 aromatic heterocycles. The molecule has 15 heteroatoms. The number of rotatable bonds is 15. The summed E-state index contributed by atoms with van der Waals surface area (Å²) in [5, 5.41) is 14.5. The maximum atomic E-state index is 14.9. The minimum Gasteiger partial charge on any atom is -0.445 e. The molecule has 1 aliphatic carbocycles. The van der Waals surface area contributed by atoms with Crippen molar-refractivity contribution >= 4 is 57.9 Å². The Bertz CT molecular complexity index is 1960. The number of aromatic amines is 1. The number of fused-ring (bicyclic) bond motifs is 3. The first kappa shape index (κ1) is 40.6. The summed E-state index contributed by atoms with van der Waals surface area (Å²) in [7, 11) is 0. The molecule has 0 radical (unpaired) electrons. The topological polar surface area (TPSA) is 172 Å². The molecule has 0 saturated heterocycles. The summed E-state index contributed by atoms with van der Waals surface area (Å²) in [6.45, 7) is 12.3. The molecule has 2 aromatic carbocycles. The molecular weight excluding hydrogens is 733 g/mol. The van der Waals surface area contributed by atoms with E-state index in [1.165, 1.54) is 0 Å². The number of alkyl carbamates (subject to hydrolysis) is 1. The molecule has 54 heavy (non-hydrogen) atoms. The van der Waals surface area contributed by atoms with E-state index < -0.39 is 35.5 Å². The lowest BCUT2D eigenvalue weighted by molar-refractivity contribution is -0.136. The molecule has 5 rings (SSSR count). The van der Waals surface area contributed by atoms with E-state index in [2.05, 4.69) is 31.1 Å². The molecule has 0 saturated carbocycles. The summed E-state index contributed by atoms with van der Waals surface area (Å²) in [6.07, 6.45) is 1.12. The van der Waals surface area contributed by atoms with Crippen LogP contribution < -0.4 is 16.0 Å². The van der Waals surface area contributed by atoms with E-state index in [1.54, 1.807) is 17.0 Å². The Morgan fingerprint density at radius 2 is 1.70 bits per heavy atom. The van der Waals surface area contributed by atoms with Crippen LogP contribution in [0.5, 0.6) is 0 Å². The van der Waals surface area contributed by atoms with Gasteiger partial charge in [0.05, 0.1) is 10.5 Å². The lowest BCUT2D eigenvalue weighted by Crippen LogP contribution is -2.65. The first-order chi connectivity index (χ1) is 25.8. The van der Waals surface area contributed by atoms with Gasteiger partial charge < -0.3 is 35.1 Å². The fourth-order valence-electron chi connectivity index (χ4n) is 6.80. The van der Waals surface area contributed by atoms with E-state index >= 15 is 0 Å². The number of ether oxygens (including phenoxy) is 1. The minimum atomic E-state index is -1.50. The number of aromatic nitrogens is 3. The van der Waals surface area contributed by atoms with Crippen LogP contribution in [0.1, 0.15) is 100 Å². The lowest BCUT2D eigenvalue weighted by atomic mass is 9.78. The number of nitrogens with zero attached hydrogens (tertiary/aromatic N) is 3. The number of benzene rings is 2. The van der Waals surface area contributed by atoms with Crippen LogP contribution in [0, 0.1) is 11.8 Å². The van der Waals surface area contributed by atoms with Crippen molar-refractivity contribution in [2.24, 2.45) is 11.8 Å². The minimum absolute atomic E-state index is 0.0250. The normalized spacial score (nSPS) is 17.5. The van der Waals surface area contributed by atoms with Gasteiger partial charge >= 0.3 is 6.09 Å². The number of carbonyl (C=O) groups excluding carboxylic acids is 4. The summed E-state index contributed by atoms with van der Waals surface area (Å²) in [5.74, 6) is -1.94. The van der Waals surface area contributed by atoms with E-state index in [0.29, 0.717) is 47.9 Å². The van der Waals surface area contributed by atoms with Gasteiger partial charge in [-0.3, -0.25) is 14.4 Å². The summed E-state index contributed by atoms with van der Waals surface area (Å²) >= 11 is 13.0. The zero-order valence-electron chi connectivity index (χ0n) is 31.6. The van der Waals surface area contributed by atoms with Gasteiger partial charge in [0, 0.05) is 35.6 Å². The third kappa shape index (κ3) is 8.84. The van der Waals surface area contributed by atoms with Crippen molar-refractivity contribution in [1.29, 1.82) is 0 Å². The van der Waals surface area contributed by atoms with Gasteiger partial charge in [-0.25, -0.2) is 4.79 Å². The molecule has 1 aliphatic rings. The predicted molar refractivity (Wildman–Crippen MR) is 206 cm³/mol. The first-order valence-electron chi connectivity index (χ1n) is 18.6. The second-order valence-corrected chi connectivity index (χ2v) is 14.8. The Kier molecular flexibility index (Phi) is 13.3. The van der Waals surface area contributed by atoms with Gasteiger partial charge in [0.15, 0.2) is 0 Å². The molecule has 290 valence electrons. The van der Waals surface area contributed by atoms with Gasteiger partial charge in [0.2, 0.25) is 17.7 Å². The fourth-order valence-corrected chi connectivity index (χ4v) is 7.34. The van der Waals surface area contributed by atoms with Crippen molar-refractivity contribution in [1.82, 2.24) is 36.0 Å². The summed E-state index contributed by atoms with van der Waals surface area (Å²) in [4.78, 5) is 64.8. The number of aryl methyl sites for hydroxylation is 1. The number of H-pyrrole nitrogens is 1. The van der Waals surface area contributed by atoms with Crippen molar-refractivity contribution in [2.75, 3.05) is 13.1 Å². The number of hydrogen-bond acceptors (Lipinski definition) is 8. The molecule has 0 aliphatic heterocycles. The average Bonchev–Trinajstić information content (AvgIpc) is 3.80. The Balaban J connectivity index is 1.49. The molecule has 0 bridgehead atoms. The Labute approximate surface area is 325 Å². The first-order valence-corrected chi connectivity index (χ1v) is 19.3. The van der Waals surface area contributed by atoms with Gasteiger partial charge in [0.1, 0.15) is 24.2 Å². The van der Waals surface area contributed by atoms with Gasteiger partial charge in [-0.15, -0.1) is 0 Å². The molecule has 2 heterocycles. The zero-order valence-corrected chi connectivity index (χ0v) is 33.1. The second-order valence-electron chi connectivity index (χ2n) is 14.0. The Hall–Kier alpha value is -4.62. The number of halogens is 2. The molecule has 0 fully saturated rings. The Morgan fingerprint density at radius 1 is 1.00 bits per heavy atom. The number of hydrogen-bond donors (Lipinski definition) is 4. The highest BCUT2D eigenvalue weighted by molar-refractivity contribution is 6.38. The van der Waals surface area contributed by atoms with Gasteiger partial charge in [-0.05, 0) is 61.8 Å². The van der Waals surface area contributed by atoms with E-state index in [0.717, 1.165) is 22.2 Å². The van der Waals surface area contributed by atoms with Crippen molar-refractivity contribution < 1.29 is 28.4 Å². The smallest absolute Gasteiger partial charge is 0.408 e. The van der Waals surface area contributed by atoms with Crippen molar-refractivity contribution in [3.05, 3.63) is 81.0 Å². The van der Waals surface area contributed by atoms with Gasteiger partial charge in [0.25, 0.3) is 11.7 Å². The van der Waals surface area contributed by atoms with Crippen LogP contribution in [0.4, 0.5) is 4.79 Å². The quantitative estimate of drug-likeness (QED) is 0.101. The van der Waals surface area contributed by atoms with E-state index in [4.69, 9.17) is 32.5 Å². The molecule has 5 atom stereocenters. The third-order valence-electron chi connectivity index (χ3n) is 10.5.